The summed E-state index contributed by atoms with van der Waals surface area (Å²) in [5, 5.41) is 12.3. The van der Waals surface area contributed by atoms with E-state index in [0.717, 1.165) is 44.8 Å². The number of carbonyl (C=O) groups is 1. The van der Waals surface area contributed by atoms with Crippen LogP contribution in [0.5, 0.6) is 0 Å². The number of anilines is 2. The SMILES string of the molecule is Cc1cc(-c2ccc3c(n2)N(Cc2ccc4ncccc4c2)NN3)ccc1C(=O)NOC[C@H](C)O. The monoisotopic (exact) mass is 470 g/mol. The molecule has 0 radical (unpaired) electrons. The first-order valence-corrected chi connectivity index (χ1v) is 11.3. The molecule has 178 valence electrons. The summed E-state index contributed by atoms with van der Waals surface area (Å²) in [6.45, 7) is 4.09. The summed E-state index contributed by atoms with van der Waals surface area (Å²) in [6, 6.07) is 19.7. The fourth-order valence-corrected chi connectivity index (χ4v) is 3.97. The van der Waals surface area contributed by atoms with Crippen molar-refractivity contribution < 1.29 is 14.7 Å². The van der Waals surface area contributed by atoms with Crippen LogP contribution in [0.2, 0.25) is 0 Å². The van der Waals surface area contributed by atoms with Crippen molar-refractivity contribution in [2.45, 2.75) is 26.5 Å². The normalized spacial score (nSPS) is 13.4. The third-order valence-electron chi connectivity index (χ3n) is 5.72. The highest BCUT2D eigenvalue weighted by Crippen LogP contribution is 2.32. The summed E-state index contributed by atoms with van der Waals surface area (Å²) in [5.41, 5.74) is 14.7. The number of hydrogen-bond donors (Lipinski definition) is 4. The first-order valence-electron chi connectivity index (χ1n) is 11.3. The highest BCUT2D eigenvalue weighted by atomic mass is 16.7. The highest BCUT2D eigenvalue weighted by molar-refractivity contribution is 5.95. The standard InChI is InChI=1S/C26H26N6O3/c1-16-12-20(6-7-21(16)26(34)30-35-15-17(2)33)23-9-10-24-25(28-23)32(31-29-24)14-18-5-8-22-19(13-18)4-3-11-27-22/h3-13,17,29,31,33H,14-15H2,1-2H3,(H,30,34)/t17-/m0/s1. The Balaban J connectivity index is 1.35. The molecule has 0 unspecified atom stereocenters. The Morgan fingerprint density at radius 2 is 2.06 bits per heavy atom. The lowest BCUT2D eigenvalue weighted by Crippen LogP contribution is -2.35. The molecule has 9 heteroatoms. The van der Waals surface area contributed by atoms with Gasteiger partial charge in [-0.1, -0.05) is 18.2 Å². The van der Waals surface area contributed by atoms with Gasteiger partial charge in [0.1, 0.15) is 6.61 Å². The van der Waals surface area contributed by atoms with Crippen LogP contribution in [0.3, 0.4) is 0 Å². The van der Waals surface area contributed by atoms with Crippen LogP contribution in [-0.4, -0.2) is 33.7 Å². The van der Waals surface area contributed by atoms with E-state index in [1.54, 1.807) is 19.2 Å². The van der Waals surface area contributed by atoms with E-state index >= 15 is 0 Å². The Morgan fingerprint density at radius 1 is 1.17 bits per heavy atom. The molecule has 3 heterocycles. The lowest BCUT2D eigenvalue weighted by Gasteiger charge is -2.18. The van der Waals surface area contributed by atoms with Crippen molar-refractivity contribution in [3.8, 4) is 11.3 Å². The number of nitrogens with one attached hydrogen (secondary N) is 3. The largest absolute Gasteiger partial charge is 0.391 e. The van der Waals surface area contributed by atoms with E-state index in [-0.39, 0.29) is 12.5 Å². The van der Waals surface area contributed by atoms with Crippen molar-refractivity contribution in [3.05, 3.63) is 83.6 Å². The molecule has 2 aromatic carbocycles. The number of hydrogen-bond acceptors (Lipinski definition) is 8. The lowest BCUT2D eigenvalue weighted by atomic mass is 10.0. The van der Waals surface area contributed by atoms with Gasteiger partial charge in [-0.25, -0.2) is 10.5 Å². The average molecular weight is 471 g/mol. The summed E-state index contributed by atoms with van der Waals surface area (Å²) in [5.74, 6) is 0.432. The molecule has 0 aliphatic carbocycles. The molecule has 0 spiro atoms. The number of aliphatic hydroxyl groups is 1. The van der Waals surface area contributed by atoms with Gasteiger partial charge in [0, 0.05) is 22.7 Å². The number of aryl methyl sites for hydroxylation is 1. The van der Waals surface area contributed by atoms with E-state index < -0.39 is 6.10 Å². The van der Waals surface area contributed by atoms with Crippen molar-refractivity contribution >= 4 is 28.3 Å². The zero-order valence-corrected chi connectivity index (χ0v) is 19.4. The van der Waals surface area contributed by atoms with Gasteiger partial charge in [0.2, 0.25) is 0 Å². The second-order valence-corrected chi connectivity index (χ2v) is 8.54. The number of pyridine rings is 2. The van der Waals surface area contributed by atoms with Crippen molar-refractivity contribution in [2.75, 3.05) is 17.0 Å². The molecule has 9 nitrogen and oxygen atoms in total. The van der Waals surface area contributed by atoms with Crippen molar-refractivity contribution in [3.63, 3.8) is 0 Å². The summed E-state index contributed by atoms with van der Waals surface area (Å²) in [7, 11) is 0. The van der Waals surface area contributed by atoms with Gasteiger partial charge in [-0.05, 0) is 67.4 Å². The van der Waals surface area contributed by atoms with Crippen LogP contribution >= 0.6 is 0 Å². The Morgan fingerprint density at radius 3 is 2.89 bits per heavy atom. The summed E-state index contributed by atoms with van der Waals surface area (Å²) in [4.78, 5) is 26.7. The topological polar surface area (TPSA) is 112 Å². The first kappa shape index (κ1) is 22.7. The molecule has 5 rings (SSSR count). The molecule has 0 saturated carbocycles. The average Bonchev–Trinajstić information content (AvgIpc) is 3.25. The predicted molar refractivity (Wildman–Crippen MR) is 134 cm³/mol. The Bertz CT molecular complexity index is 1390. The number of carbonyl (C=O) groups excluding carboxylic acids is 1. The molecule has 0 fully saturated rings. The smallest absolute Gasteiger partial charge is 0.275 e. The molecule has 0 saturated heterocycles. The maximum atomic E-state index is 12.4. The number of hydroxylamine groups is 1. The van der Waals surface area contributed by atoms with Gasteiger partial charge in [-0.15, -0.1) is 5.53 Å². The number of fused-ring (bicyclic) bond motifs is 2. The second-order valence-electron chi connectivity index (χ2n) is 8.54. The van der Waals surface area contributed by atoms with E-state index in [1.165, 1.54) is 0 Å². The maximum absolute atomic E-state index is 12.4. The van der Waals surface area contributed by atoms with Crippen molar-refractivity contribution in [1.29, 1.82) is 0 Å². The minimum Gasteiger partial charge on any atom is -0.391 e. The summed E-state index contributed by atoms with van der Waals surface area (Å²) in [6.07, 6.45) is 1.13. The third kappa shape index (κ3) is 4.92. The molecule has 1 amide bonds. The molecule has 0 bridgehead atoms. The fraction of sp³-hybridized carbons (Fsp3) is 0.192. The number of rotatable bonds is 7. The third-order valence-corrected chi connectivity index (χ3v) is 5.72. The molecule has 1 aliphatic rings. The predicted octanol–water partition coefficient (Wildman–Crippen LogP) is 3.50. The number of aliphatic hydroxyl groups excluding tert-OH is 1. The van der Waals surface area contributed by atoms with Gasteiger partial charge in [-0.2, -0.15) is 0 Å². The van der Waals surface area contributed by atoms with Crippen LogP contribution in [0.25, 0.3) is 22.2 Å². The lowest BCUT2D eigenvalue weighted by molar-refractivity contribution is -0.00690. The van der Waals surface area contributed by atoms with Crippen molar-refractivity contribution in [2.24, 2.45) is 0 Å². The number of amides is 1. The van der Waals surface area contributed by atoms with Gasteiger partial charge in [-0.3, -0.25) is 19.6 Å². The van der Waals surface area contributed by atoms with Crippen LogP contribution < -0.4 is 21.4 Å². The minimum absolute atomic E-state index is 0.0244. The van der Waals surface area contributed by atoms with Gasteiger partial charge in [0.05, 0.1) is 29.5 Å². The Kier molecular flexibility index (Phi) is 6.28. The molecule has 4 N–H and O–H groups in total. The van der Waals surface area contributed by atoms with E-state index in [2.05, 4.69) is 39.6 Å². The summed E-state index contributed by atoms with van der Waals surface area (Å²) < 4.78 is 0. The number of aromatic nitrogens is 2. The Labute approximate surface area is 202 Å². The van der Waals surface area contributed by atoms with Crippen LogP contribution in [0.1, 0.15) is 28.4 Å². The minimum atomic E-state index is -0.661. The van der Waals surface area contributed by atoms with E-state index in [0.29, 0.717) is 12.1 Å². The quantitative estimate of drug-likeness (QED) is 0.304. The van der Waals surface area contributed by atoms with E-state index in [1.807, 2.05) is 48.3 Å². The van der Waals surface area contributed by atoms with Crippen LogP contribution in [0.15, 0.2) is 66.9 Å². The molecule has 2 aromatic heterocycles. The van der Waals surface area contributed by atoms with Gasteiger partial charge in [0.15, 0.2) is 5.82 Å². The summed E-state index contributed by atoms with van der Waals surface area (Å²) >= 11 is 0. The maximum Gasteiger partial charge on any atom is 0.275 e. The van der Waals surface area contributed by atoms with Gasteiger partial charge >= 0.3 is 0 Å². The number of nitrogens with zero attached hydrogens (tertiary/aromatic N) is 3. The molecule has 1 atom stereocenters. The first-order chi connectivity index (χ1) is 17.0. The fourth-order valence-electron chi connectivity index (χ4n) is 3.97. The molecule has 35 heavy (non-hydrogen) atoms. The second kappa shape index (κ2) is 9.67. The molecular weight excluding hydrogens is 444 g/mol. The zero-order chi connectivity index (χ0) is 24.4. The van der Waals surface area contributed by atoms with E-state index in [4.69, 9.17) is 9.82 Å². The number of benzene rings is 2. The van der Waals surface area contributed by atoms with Crippen LogP contribution in [0, 0.1) is 6.92 Å². The van der Waals surface area contributed by atoms with Gasteiger partial charge < -0.3 is 10.5 Å². The van der Waals surface area contributed by atoms with E-state index in [9.17, 15) is 9.90 Å². The number of hydrazine groups is 2. The van der Waals surface area contributed by atoms with Crippen LogP contribution in [0.4, 0.5) is 11.5 Å². The zero-order valence-electron chi connectivity index (χ0n) is 19.4. The van der Waals surface area contributed by atoms with Gasteiger partial charge in [0.25, 0.3) is 5.91 Å². The van der Waals surface area contributed by atoms with Crippen LogP contribution in [-0.2, 0) is 11.4 Å². The van der Waals surface area contributed by atoms with Crippen molar-refractivity contribution in [1.82, 2.24) is 21.0 Å². The molecule has 1 aliphatic heterocycles. The molecule has 4 aromatic rings. The Hall–Kier alpha value is -4.05. The highest BCUT2D eigenvalue weighted by Gasteiger charge is 2.21. The molecular formula is C26H26N6O3.